The zero-order valence-corrected chi connectivity index (χ0v) is 23.8. The molecule has 0 aliphatic carbocycles. The topological polar surface area (TPSA) is 88.4 Å². The van der Waals surface area contributed by atoms with Crippen LogP contribution in [0.15, 0.2) is 75.7 Å². The predicted molar refractivity (Wildman–Crippen MR) is 155 cm³/mol. The number of ether oxygens (including phenoxy) is 4. The Bertz CT molecular complexity index is 1820. The van der Waals surface area contributed by atoms with Gasteiger partial charge >= 0.3 is 5.97 Å². The van der Waals surface area contributed by atoms with E-state index in [1.54, 1.807) is 44.8 Å². The Balaban J connectivity index is 1.78. The molecule has 1 aliphatic heterocycles. The molecule has 0 unspecified atom stereocenters. The summed E-state index contributed by atoms with van der Waals surface area (Å²) in [5.74, 6) is 1.19. The van der Waals surface area contributed by atoms with Gasteiger partial charge in [-0.3, -0.25) is 9.36 Å². The van der Waals surface area contributed by atoms with E-state index in [4.69, 9.17) is 18.9 Å². The molecule has 0 N–H and O–H groups in total. The molecular weight excluding hydrogens is 528 g/mol. The summed E-state index contributed by atoms with van der Waals surface area (Å²) in [7, 11) is 3.10. The molecule has 1 aromatic heterocycles. The van der Waals surface area contributed by atoms with Gasteiger partial charge in [-0.25, -0.2) is 9.79 Å². The van der Waals surface area contributed by atoms with Gasteiger partial charge in [0.2, 0.25) is 0 Å². The van der Waals surface area contributed by atoms with Crippen LogP contribution in [-0.2, 0) is 9.53 Å². The van der Waals surface area contributed by atoms with E-state index < -0.39 is 12.0 Å². The first-order chi connectivity index (χ1) is 19.4. The van der Waals surface area contributed by atoms with Gasteiger partial charge in [0.15, 0.2) is 16.3 Å². The van der Waals surface area contributed by atoms with E-state index in [1.807, 2.05) is 55.5 Å². The minimum atomic E-state index is -0.767. The van der Waals surface area contributed by atoms with Crippen molar-refractivity contribution in [1.29, 1.82) is 0 Å². The Morgan fingerprint density at radius 1 is 1.00 bits per heavy atom. The summed E-state index contributed by atoms with van der Waals surface area (Å²) in [5, 5.41) is 2.01. The number of hydrogen-bond donors (Lipinski definition) is 0. The van der Waals surface area contributed by atoms with Crippen molar-refractivity contribution in [3.05, 3.63) is 96.7 Å². The van der Waals surface area contributed by atoms with E-state index in [9.17, 15) is 9.59 Å². The van der Waals surface area contributed by atoms with Gasteiger partial charge in [0.25, 0.3) is 5.56 Å². The summed E-state index contributed by atoms with van der Waals surface area (Å²) in [4.78, 5) is 32.5. The van der Waals surface area contributed by atoms with Gasteiger partial charge in [-0.05, 0) is 61.4 Å². The summed E-state index contributed by atoms with van der Waals surface area (Å²) in [6.45, 7) is 6.11. The number of esters is 1. The zero-order chi connectivity index (χ0) is 28.4. The fourth-order valence-electron chi connectivity index (χ4n) is 4.97. The Morgan fingerprint density at radius 3 is 2.48 bits per heavy atom. The monoisotopic (exact) mass is 558 g/mol. The number of methoxy groups -OCH3 is 2. The Kier molecular flexibility index (Phi) is 7.75. The van der Waals surface area contributed by atoms with Gasteiger partial charge in [0, 0.05) is 5.56 Å². The summed E-state index contributed by atoms with van der Waals surface area (Å²) < 4.78 is 24.3. The first kappa shape index (κ1) is 27.2. The van der Waals surface area contributed by atoms with Crippen LogP contribution in [0.2, 0.25) is 0 Å². The van der Waals surface area contributed by atoms with Gasteiger partial charge in [0.05, 0.1) is 49.3 Å². The number of carbonyl (C=O) groups is 1. The quantitative estimate of drug-likeness (QED) is 0.299. The summed E-state index contributed by atoms with van der Waals surface area (Å²) in [6, 6.07) is 16.5. The van der Waals surface area contributed by atoms with E-state index >= 15 is 0 Å². The van der Waals surface area contributed by atoms with Gasteiger partial charge in [-0.2, -0.15) is 0 Å². The Hall–Kier alpha value is -4.37. The van der Waals surface area contributed by atoms with Crippen molar-refractivity contribution in [2.75, 3.05) is 27.4 Å². The van der Waals surface area contributed by atoms with E-state index in [2.05, 4.69) is 4.99 Å². The van der Waals surface area contributed by atoms with Crippen molar-refractivity contribution in [1.82, 2.24) is 4.57 Å². The van der Waals surface area contributed by atoms with Crippen LogP contribution in [0.5, 0.6) is 17.2 Å². The largest absolute Gasteiger partial charge is 0.493 e. The van der Waals surface area contributed by atoms with Crippen LogP contribution in [0, 0.1) is 0 Å². The SMILES string of the molecule is CCOC(=O)C1=C(C)N=c2s/c(=C/c3c(OCC)ccc4ccccc34)c(=O)n2[C@H]1c1ccc(OC)c(OC)c1. The number of carbonyl (C=O) groups excluding carboxylic acids is 1. The average molecular weight is 559 g/mol. The van der Waals surface area contributed by atoms with Crippen molar-refractivity contribution in [3.63, 3.8) is 0 Å². The molecule has 0 saturated carbocycles. The number of aromatic nitrogens is 1. The third-order valence-corrected chi connectivity index (χ3v) is 7.73. The molecule has 206 valence electrons. The molecular formula is C31H30N2O6S. The third-order valence-electron chi connectivity index (χ3n) is 6.75. The molecule has 0 fully saturated rings. The molecule has 2 heterocycles. The first-order valence-electron chi connectivity index (χ1n) is 13.0. The van der Waals surface area contributed by atoms with E-state index in [-0.39, 0.29) is 12.2 Å². The lowest BCUT2D eigenvalue weighted by Crippen LogP contribution is -2.40. The highest BCUT2D eigenvalue weighted by Gasteiger charge is 2.34. The summed E-state index contributed by atoms with van der Waals surface area (Å²) in [6.07, 6.45) is 1.85. The first-order valence-corrected chi connectivity index (χ1v) is 13.8. The fourth-order valence-corrected chi connectivity index (χ4v) is 6.00. The molecule has 4 aromatic rings. The second-order valence-corrected chi connectivity index (χ2v) is 10.1. The second-order valence-electron chi connectivity index (χ2n) is 9.05. The van der Waals surface area contributed by atoms with Crippen LogP contribution >= 0.6 is 11.3 Å². The molecule has 0 amide bonds. The Labute approximate surface area is 235 Å². The maximum Gasteiger partial charge on any atom is 0.338 e. The van der Waals surface area contributed by atoms with Crippen molar-refractivity contribution >= 4 is 34.2 Å². The highest BCUT2D eigenvalue weighted by molar-refractivity contribution is 7.07. The van der Waals surface area contributed by atoms with Crippen molar-refractivity contribution in [3.8, 4) is 17.2 Å². The maximum absolute atomic E-state index is 14.1. The Morgan fingerprint density at radius 2 is 1.75 bits per heavy atom. The molecule has 3 aromatic carbocycles. The van der Waals surface area contributed by atoms with Crippen molar-refractivity contribution < 1.29 is 23.7 Å². The van der Waals surface area contributed by atoms with Crippen LogP contribution in [0.25, 0.3) is 16.8 Å². The molecule has 0 saturated heterocycles. The average Bonchev–Trinajstić information content (AvgIpc) is 3.27. The molecule has 1 aliphatic rings. The van der Waals surface area contributed by atoms with Crippen LogP contribution in [0.1, 0.15) is 37.9 Å². The smallest absolute Gasteiger partial charge is 0.338 e. The second kappa shape index (κ2) is 11.4. The number of nitrogens with zero attached hydrogens (tertiary/aromatic N) is 2. The van der Waals surface area contributed by atoms with E-state index in [0.29, 0.717) is 50.0 Å². The number of hydrogen-bond acceptors (Lipinski definition) is 8. The highest BCUT2D eigenvalue weighted by atomic mass is 32.1. The summed E-state index contributed by atoms with van der Waals surface area (Å²) in [5.41, 5.74) is 2.00. The van der Waals surface area contributed by atoms with E-state index in [1.165, 1.54) is 11.3 Å². The number of benzene rings is 3. The van der Waals surface area contributed by atoms with Crippen LogP contribution < -0.4 is 29.1 Å². The van der Waals surface area contributed by atoms with Gasteiger partial charge < -0.3 is 18.9 Å². The normalized spacial score (nSPS) is 15.0. The summed E-state index contributed by atoms with van der Waals surface area (Å²) >= 11 is 1.27. The van der Waals surface area contributed by atoms with Crippen molar-refractivity contribution in [2.45, 2.75) is 26.8 Å². The van der Waals surface area contributed by atoms with Gasteiger partial charge in [-0.15, -0.1) is 0 Å². The fraction of sp³-hybridized carbons (Fsp3) is 0.258. The number of thiazole rings is 1. The van der Waals surface area contributed by atoms with Crippen molar-refractivity contribution in [2.24, 2.45) is 4.99 Å². The lowest BCUT2D eigenvalue weighted by Gasteiger charge is -2.25. The van der Waals surface area contributed by atoms with Crippen LogP contribution in [0.4, 0.5) is 0 Å². The van der Waals surface area contributed by atoms with Crippen LogP contribution in [0.3, 0.4) is 0 Å². The molecule has 5 rings (SSSR count). The van der Waals surface area contributed by atoms with Crippen LogP contribution in [-0.4, -0.2) is 38.0 Å². The number of allylic oxidation sites excluding steroid dienone is 1. The molecule has 8 nitrogen and oxygen atoms in total. The molecule has 0 bridgehead atoms. The molecule has 40 heavy (non-hydrogen) atoms. The third kappa shape index (κ3) is 4.77. The predicted octanol–water partition coefficient (Wildman–Crippen LogP) is 4.37. The molecule has 9 heteroatoms. The number of fused-ring (bicyclic) bond motifs is 2. The maximum atomic E-state index is 14.1. The minimum absolute atomic E-state index is 0.194. The van der Waals surface area contributed by atoms with Gasteiger partial charge in [0.1, 0.15) is 5.75 Å². The van der Waals surface area contributed by atoms with Gasteiger partial charge in [-0.1, -0.05) is 47.7 Å². The standard InChI is InChI=1S/C31H30N2O6S/c1-6-38-23-14-12-19-10-8-9-11-21(19)22(23)17-26-29(34)33-28(20-13-15-24(36-4)25(16-20)37-5)27(30(35)39-7-2)18(3)32-31(33)40-26/h8-17,28H,6-7H2,1-5H3/b26-17+/t28-/m0/s1. The number of rotatable bonds is 8. The molecule has 1 atom stereocenters. The van der Waals surface area contributed by atoms with E-state index in [0.717, 1.165) is 16.3 Å². The lowest BCUT2D eigenvalue weighted by atomic mass is 9.95. The highest BCUT2D eigenvalue weighted by Crippen LogP contribution is 2.36. The zero-order valence-electron chi connectivity index (χ0n) is 23.0. The molecule has 0 spiro atoms. The minimum Gasteiger partial charge on any atom is -0.493 e. The molecule has 0 radical (unpaired) electrons. The lowest BCUT2D eigenvalue weighted by molar-refractivity contribution is -0.139.